The van der Waals surface area contributed by atoms with E-state index >= 15 is 0 Å². The first kappa shape index (κ1) is 22.4. The van der Waals surface area contributed by atoms with E-state index in [0.29, 0.717) is 23.2 Å². The van der Waals surface area contributed by atoms with Gasteiger partial charge in [0.15, 0.2) is 16.6 Å². The fourth-order valence-electron chi connectivity index (χ4n) is 2.82. The molecule has 0 bridgehead atoms. The molecule has 0 unspecified atom stereocenters. The van der Waals surface area contributed by atoms with Crippen LogP contribution in [0.1, 0.15) is 26.3 Å². The predicted molar refractivity (Wildman–Crippen MR) is 125 cm³/mol. The molecule has 2 aromatic carbocycles. The number of aromatic nitrogens is 1. The lowest BCUT2D eigenvalue weighted by Crippen LogP contribution is -2.07. The second kappa shape index (κ2) is 10.6. The summed E-state index contributed by atoms with van der Waals surface area (Å²) in [6.45, 7) is 6.45. The van der Waals surface area contributed by atoms with Crippen LogP contribution in [0.5, 0.6) is 17.2 Å². The number of carbonyl (C=O) groups excluding carboxylic acids is 1. The van der Waals surface area contributed by atoms with E-state index in [1.165, 1.54) is 17.4 Å². The first-order valence-electron chi connectivity index (χ1n) is 10.0. The highest BCUT2D eigenvalue weighted by atomic mass is 32.1. The van der Waals surface area contributed by atoms with Gasteiger partial charge in [0.1, 0.15) is 5.75 Å². The van der Waals surface area contributed by atoms with Crippen LogP contribution in [-0.4, -0.2) is 30.7 Å². The van der Waals surface area contributed by atoms with Crippen LogP contribution in [0.3, 0.4) is 0 Å². The lowest BCUT2D eigenvalue weighted by atomic mass is 10.2. The van der Waals surface area contributed by atoms with Crippen LogP contribution in [0.4, 0.5) is 5.13 Å². The molecule has 0 aliphatic rings. The van der Waals surface area contributed by atoms with Gasteiger partial charge in [-0.25, -0.2) is 4.98 Å². The Labute approximate surface area is 186 Å². The molecule has 0 atom stereocenters. The van der Waals surface area contributed by atoms with E-state index in [-0.39, 0.29) is 12.0 Å². The van der Waals surface area contributed by atoms with Crippen LogP contribution in [-0.2, 0) is 4.79 Å². The smallest absolute Gasteiger partial charge is 0.250 e. The van der Waals surface area contributed by atoms with Gasteiger partial charge in [-0.05, 0) is 68.8 Å². The molecule has 0 saturated heterocycles. The Morgan fingerprint density at radius 3 is 2.61 bits per heavy atom. The van der Waals surface area contributed by atoms with Gasteiger partial charge >= 0.3 is 0 Å². The largest absolute Gasteiger partial charge is 0.493 e. The number of hydrogen-bond acceptors (Lipinski definition) is 6. The molecule has 162 valence electrons. The number of hydrogen-bond donors (Lipinski definition) is 1. The molecule has 0 fully saturated rings. The Hall–Kier alpha value is -3.32. The van der Waals surface area contributed by atoms with Crippen LogP contribution in [0.15, 0.2) is 53.9 Å². The third-order valence-corrected chi connectivity index (χ3v) is 4.93. The average molecular weight is 439 g/mol. The number of carbonyl (C=O) groups is 1. The summed E-state index contributed by atoms with van der Waals surface area (Å²) in [7, 11) is 1.59. The number of thiazole rings is 1. The summed E-state index contributed by atoms with van der Waals surface area (Å²) in [6, 6.07) is 13.3. The molecule has 3 aromatic rings. The van der Waals surface area contributed by atoms with Crippen molar-refractivity contribution in [1.29, 1.82) is 0 Å². The Bertz CT molecular complexity index is 1040. The quantitative estimate of drug-likeness (QED) is 0.437. The zero-order valence-corrected chi connectivity index (χ0v) is 18.9. The number of benzene rings is 2. The van der Waals surface area contributed by atoms with Crippen LogP contribution >= 0.6 is 11.3 Å². The first-order chi connectivity index (χ1) is 15.0. The van der Waals surface area contributed by atoms with E-state index in [2.05, 4.69) is 10.3 Å². The van der Waals surface area contributed by atoms with E-state index in [0.717, 1.165) is 22.6 Å². The van der Waals surface area contributed by atoms with Crippen molar-refractivity contribution in [2.45, 2.75) is 26.9 Å². The number of anilines is 1. The summed E-state index contributed by atoms with van der Waals surface area (Å²) in [4.78, 5) is 16.8. The molecule has 1 N–H and O–H groups in total. The van der Waals surface area contributed by atoms with Crippen LogP contribution in [0.25, 0.3) is 17.3 Å². The molecule has 1 amide bonds. The molecule has 0 aliphatic heterocycles. The van der Waals surface area contributed by atoms with E-state index in [1.807, 2.05) is 68.6 Å². The number of methoxy groups -OCH3 is 1. The van der Waals surface area contributed by atoms with E-state index < -0.39 is 0 Å². The number of rotatable bonds is 9. The molecule has 3 rings (SSSR count). The van der Waals surface area contributed by atoms with E-state index in [1.54, 1.807) is 13.2 Å². The van der Waals surface area contributed by atoms with Gasteiger partial charge in [0, 0.05) is 17.0 Å². The number of amides is 1. The van der Waals surface area contributed by atoms with Crippen LogP contribution in [0, 0.1) is 0 Å². The molecule has 1 aromatic heterocycles. The summed E-state index contributed by atoms with van der Waals surface area (Å²) in [5, 5.41) is 5.25. The maximum absolute atomic E-state index is 12.3. The van der Waals surface area contributed by atoms with Gasteiger partial charge in [-0.1, -0.05) is 6.07 Å². The molecule has 1 heterocycles. The summed E-state index contributed by atoms with van der Waals surface area (Å²) in [6.07, 6.45) is 3.31. The average Bonchev–Trinajstić information content (AvgIpc) is 3.21. The summed E-state index contributed by atoms with van der Waals surface area (Å²) in [5.41, 5.74) is 2.60. The maximum Gasteiger partial charge on any atom is 0.250 e. The molecule has 7 heteroatoms. The number of nitrogens with one attached hydrogen (secondary N) is 1. The lowest BCUT2D eigenvalue weighted by Gasteiger charge is -2.09. The molecular formula is C24H26N2O4S. The van der Waals surface area contributed by atoms with Crippen LogP contribution < -0.4 is 19.5 Å². The Kier molecular flexibility index (Phi) is 7.67. The van der Waals surface area contributed by atoms with Crippen molar-refractivity contribution in [2.75, 3.05) is 19.0 Å². The van der Waals surface area contributed by atoms with Gasteiger partial charge in [-0.3, -0.25) is 10.1 Å². The summed E-state index contributed by atoms with van der Waals surface area (Å²) in [5.74, 6) is 1.86. The third kappa shape index (κ3) is 6.33. The van der Waals surface area contributed by atoms with Crippen LogP contribution in [0.2, 0.25) is 0 Å². The summed E-state index contributed by atoms with van der Waals surface area (Å²) < 4.78 is 16.5. The fourth-order valence-corrected chi connectivity index (χ4v) is 3.54. The zero-order chi connectivity index (χ0) is 22.2. The monoisotopic (exact) mass is 438 g/mol. The van der Waals surface area contributed by atoms with Gasteiger partial charge in [0.2, 0.25) is 5.91 Å². The van der Waals surface area contributed by atoms with Gasteiger partial charge in [-0.15, -0.1) is 11.3 Å². The van der Waals surface area contributed by atoms with Gasteiger partial charge in [-0.2, -0.15) is 0 Å². The molecular weight excluding hydrogens is 412 g/mol. The lowest BCUT2D eigenvalue weighted by molar-refractivity contribution is -0.111. The second-order valence-electron chi connectivity index (χ2n) is 6.89. The minimum absolute atomic E-state index is 0.128. The molecule has 0 saturated carbocycles. The Morgan fingerprint density at radius 1 is 1.16 bits per heavy atom. The van der Waals surface area contributed by atoms with Crippen molar-refractivity contribution in [2.24, 2.45) is 0 Å². The zero-order valence-electron chi connectivity index (χ0n) is 18.0. The highest BCUT2D eigenvalue weighted by molar-refractivity contribution is 7.14. The standard InChI is InChI=1S/C24H26N2O4S/c1-5-29-21-12-6-17(14-22(21)28-4)7-13-23(27)26-24-25-20(15-31-24)18-8-10-19(11-9-18)30-16(2)3/h6-16H,5H2,1-4H3,(H,25,26,27)/b13-7+. The minimum atomic E-state index is -0.255. The fraction of sp³-hybridized carbons (Fsp3) is 0.250. The highest BCUT2D eigenvalue weighted by Gasteiger charge is 2.08. The Morgan fingerprint density at radius 2 is 1.94 bits per heavy atom. The van der Waals surface area contributed by atoms with Crippen molar-refractivity contribution in [3.8, 4) is 28.5 Å². The Balaban J connectivity index is 1.62. The van der Waals surface area contributed by atoms with Gasteiger partial charge in [0.25, 0.3) is 0 Å². The molecule has 0 radical (unpaired) electrons. The van der Waals surface area contributed by atoms with Gasteiger partial charge in [0.05, 0.1) is 25.5 Å². The third-order valence-electron chi connectivity index (χ3n) is 4.17. The minimum Gasteiger partial charge on any atom is -0.493 e. The van der Waals surface area contributed by atoms with Crippen molar-refractivity contribution < 1.29 is 19.0 Å². The van der Waals surface area contributed by atoms with Crippen molar-refractivity contribution in [1.82, 2.24) is 4.98 Å². The summed E-state index contributed by atoms with van der Waals surface area (Å²) >= 11 is 1.38. The number of ether oxygens (including phenoxy) is 3. The second-order valence-corrected chi connectivity index (χ2v) is 7.75. The normalized spacial score (nSPS) is 11.0. The SMILES string of the molecule is CCOc1ccc(/C=C/C(=O)Nc2nc(-c3ccc(OC(C)C)cc3)cs2)cc1OC. The van der Waals surface area contributed by atoms with E-state index in [4.69, 9.17) is 14.2 Å². The molecule has 6 nitrogen and oxygen atoms in total. The highest BCUT2D eigenvalue weighted by Crippen LogP contribution is 2.29. The van der Waals surface area contributed by atoms with Crippen molar-refractivity contribution in [3.63, 3.8) is 0 Å². The van der Waals surface area contributed by atoms with Gasteiger partial charge < -0.3 is 14.2 Å². The molecule has 31 heavy (non-hydrogen) atoms. The maximum atomic E-state index is 12.3. The molecule has 0 spiro atoms. The predicted octanol–water partition coefficient (Wildman–Crippen LogP) is 5.66. The molecule has 0 aliphatic carbocycles. The first-order valence-corrected chi connectivity index (χ1v) is 10.9. The van der Waals surface area contributed by atoms with E-state index in [9.17, 15) is 4.79 Å². The van der Waals surface area contributed by atoms with Crippen molar-refractivity contribution in [3.05, 3.63) is 59.5 Å². The number of nitrogens with zero attached hydrogens (tertiary/aromatic N) is 1. The topological polar surface area (TPSA) is 69.7 Å². The van der Waals surface area contributed by atoms with Crippen molar-refractivity contribution >= 4 is 28.5 Å².